The summed E-state index contributed by atoms with van der Waals surface area (Å²) in [6.45, 7) is 10.9. The highest BCUT2D eigenvalue weighted by Gasteiger charge is 2.31. The van der Waals surface area contributed by atoms with E-state index in [0.29, 0.717) is 11.4 Å². The molecule has 2 N–H and O–H groups in total. The van der Waals surface area contributed by atoms with Crippen LogP contribution in [0.5, 0.6) is 0 Å². The van der Waals surface area contributed by atoms with Gasteiger partial charge in [-0.2, -0.15) is 0 Å². The summed E-state index contributed by atoms with van der Waals surface area (Å²) in [5, 5.41) is 5.41. The van der Waals surface area contributed by atoms with E-state index in [0.717, 1.165) is 11.1 Å². The number of hydrogen-bond acceptors (Lipinski definition) is 4. The fourth-order valence-corrected chi connectivity index (χ4v) is 4.16. The second kappa shape index (κ2) is 11.4. The molecule has 184 valence electrons. The molecule has 3 amide bonds. The van der Waals surface area contributed by atoms with E-state index in [9.17, 15) is 23.0 Å². The lowest BCUT2D eigenvalue weighted by Gasteiger charge is -2.32. The third kappa shape index (κ3) is 7.76. The number of halogens is 1. The van der Waals surface area contributed by atoms with E-state index >= 15 is 0 Å². The number of hydrogen-bond donors (Lipinski definition) is 2. The maximum atomic E-state index is 13.3. The van der Waals surface area contributed by atoms with Gasteiger partial charge < -0.3 is 10.6 Å². The van der Waals surface area contributed by atoms with Crippen molar-refractivity contribution in [1.29, 1.82) is 0 Å². The van der Waals surface area contributed by atoms with Crippen LogP contribution in [0, 0.1) is 19.7 Å². The average molecular weight is 490 g/mol. The number of rotatable bonds is 8. The molecule has 0 aliphatic heterocycles. The molecule has 0 unspecified atom stereocenters. The van der Waals surface area contributed by atoms with Gasteiger partial charge in [-0.25, -0.2) is 4.39 Å². The zero-order valence-electron chi connectivity index (χ0n) is 20.4. The number of carbonyl (C=O) groups excluding carboxylic acids is 3. The third-order valence-corrected chi connectivity index (χ3v) is 6.23. The molecule has 0 saturated carbocycles. The highest BCUT2D eigenvalue weighted by molar-refractivity contribution is 7.86. The molecule has 0 fully saturated rings. The van der Waals surface area contributed by atoms with Gasteiger partial charge in [-0.15, -0.1) is 0 Å². The molecule has 2 aromatic rings. The van der Waals surface area contributed by atoms with Crippen molar-refractivity contribution in [3.05, 3.63) is 59.4 Å². The van der Waals surface area contributed by atoms with Crippen LogP contribution in [0.15, 0.2) is 42.5 Å². The molecule has 2 aromatic carbocycles. The molecule has 2 atom stereocenters. The summed E-state index contributed by atoms with van der Waals surface area (Å²) < 4.78 is 25.7. The van der Waals surface area contributed by atoms with E-state index in [1.165, 1.54) is 29.2 Å². The Morgan fingerprint density at radius 3 is 2.24 bits per heavy atom. The van der Waals surface area contributed by atoms with Crippen LogP contribution < -0.4 is 15.5 Å². The Labute approximate surface area is 202 Å². The zero-order chi connectivity index (χ0) is 25.6. The first kappa shape index (κ1) is 27.2. The molecule has 0 aliphatic carbocycles. The molecule has 34 heavy (non-hydrogen) atoms. The molecule has 0 saturated heterocycles. The molecular weight excluding hydrogens is 457 g/mol. The lowest BCUT2D eigenvalue weighted by molar-refractivity contribution is -0.126. The van der Waals surface area contributed by atoms with E-state index in [1.54, 1.807) is 19.1 Å². The minimum atomic E-state index is -1.82. The molecule has 7 nitrogen and oxygen atoms in total. The maximum Gasteiger partial charge on any atom is 0.243 e. The van der Waals surface area contributed by atoms with Crippen molar-refractivity contribution in [3.8, 4) is 0 Å². The Balaban J connectivity index is 2.19. The van der Waals surface area contributed by atoms with Crippen molar-refractivity contribution in [2.75, 3.05) is 21.7 Å². The van der Waals surface area contributed by atoms with Gasteiger partial charge in [-0.05, 0) is 83.0 Å². The lowest BCUT2D eigenvalue weighted by Crippen LogP contribution is -2.54. The van der Waals surface area contributed by atoms with Gasteiger partial charge in [0, 0.05) is 27.7 Å². The SMILES string of the molecule is Cc1cccc(N(C(=O)C[S@@](=O)CC(=O)Nc2ccc(F)cc2)[C@@H](C)C(=O)NC(C)(C)C)c1C. The van der Waals surface area contributed by atoms with Gasteiger partial charge in [0.25, 0.3) is 0 Å². The Morgan fingerprint density at radius 1 is 1.03 bits per heavy atom. The van der Waals surface area contributed by atoms with Crippen molar-refractivity contribution < 1.29 is 23.0 Å². The van der Waals surface area contributed by atoms with Crippen LogP contribution in [-0.2, 0) is 25.2 Å². The summed E-state index contributed by atoms with van der Waals surface area (Å²) in [6.07, 6.45) is 0. The van der Waals surface area contributed by atoms with Gasteiger partial charge in [-0.3, -0.25) is 23.5 Å². The maximum absolute atomic E-state index is 13.3. The minimum absolute atomic E-state index is 0.346. The van der Waals surface area contributed by atoms with Gasteiger partial charge in [0.15, 0.2) is 0 Å². The second-order valence-electron chi connectivity index (χ2n) is 9.18. The lowest BCUT2D eigenvalue weighted by atomic mass is 10.0. The quantitative estimate of drug-likeness (QED) is 0.594. The normalized spacial score (nSPS) is 13.0. The Morgan fingerprint density at radius 2 is 1.65 bits per heavy atom. The van der Waals surface area contributed by atoms with E-state index in [2.05, 4.69) is 10.6 Å². The van der Waals surface area contributed by atoms with Crippen LogP contribution in [0.2, 0.25) is 0 Å². The fourth-order valence-electron chi connectivity index (χ4n) is 3.28. The van der Waals surface area contributed by atoms with Crippen molar-refractivity contribution in [2.24, 2.45) is 0 Å². The van der Waals surface area contributed by atoms with Gasteiger partial charge in [0.2, 0.25) is 17.7 Å². The summed E-state index contributed by atoms with van der Waals surface area (Å²) in [7, 11) is -1.82. The smallest absolute Gasteiger partial charge is 0.243 e. The number of aryl methyl sites for hydroxylation is 1. The summed E-state index contributed by atoms with van der Waals surface area (Å²) in [5.41, 5.74) is 2.18. The van der Waals surface area contributed by atoms with Gasteiger partial charge in [0.1, 0.15) is 23.4 Å². The van der Waals surface area contributed by atoms with Crippen molar-refractivity contribution in [2.45, 2.75) is 53.1 Å². The van der Waals surface area contributed by atoms with Crippen LogP contribution in [0.1, 0.15) is 38.8 Å². The topological polar surface area (TPSA) is 95.6 Å². The standard InChI is InChI=1S/C25H32FN3O4S/c1-16-8-7-9-21(17(16)2)29(18(3)24(32)28-25(4,5)6)23(31)15-34(33)14-22(30)27-20-12-10-19(26)11-13-20/h7-13,18H,14-15H2,1-6H3,(H,27,30)(H,28,32)/t18-,34-/m0/s1. The van der Waals surface area contributed by atoms with Crippen LogP contribution in [-0.4, -0.2) is 45.0 Å². The molecule has 0 radical (unpaired) electrons. The van der Waals surface area contributed by atoms with E-state index in [4.69, 9.17) is 0 Å². The number of anilines is 2. The Kier molecular flexibility index (Phi) is 9.09. The van der Waals surface area contributed by atoms with Gasteiger partial charge in [0.05, 0.1) is 0 Å². The van der Waals surface area contributed by atoms with Crippen molar-refractivity contribution in [3.63, 3.8) is 0 Å². The summed E-state index contributed by atoms with van der Waals surface area (Å²) in [6, 6.07) is 9.74. The van der Waals surface area contributed by atoms with E-state index < -0.39 is 51.5 Å². The van der Waals surface area contributed by atoms with Crippen LogP contribution in [0.4, 0.5) is 15.8 Å². The van der Waals surface area contributed by atoms with Crippen LogP contribution >= 0.6 is 0 Å². The Bertz CT molecular complexity index is 1080. The van der Waals surface area contributed by atoms with E-state index in [-0.39, 0.29) is 5.91 Å². The summed E-state index contributed by atoms with van der Waals surface area (Å²) in [5.74, 6) is -2.72. The first-order chi connectivity index (χ1) is 15.8. The molecular formula is C25H32FN3O4S. The fraction of sp³-hybridized carbons (Fsp3) is 0.400. The van der Waals surface area contributed by atoms with E-state index in [1.807, 2.05) is 40.7 Å². The first-order valence-corrected chi connectivity index (χ1v) is 12.4. The molecule has 0 heterocycles. The van der Waals surface area contributed by atoms with Crippen molar-refractivity contribution >= 4 is 39.9 Å². The number of benzene rings is 2. The van der Waals surface area contributed by atoms with Gasteiger partial charge in [-0.1, -0.05) is 12.1 Å². The molecule has 0 aliphatic rings. The molecule has 0 spiro atoms. The van der Waals surface area contributed by atoms with Crippen molar-refractivity contribution in [1.82, 2.24) is 5.32 Å². The third-order valence-electron chi connectivity index (χ3n) is 5.07. The largest absolute Gasteiger partial charge is 0.350 e. The zero-order valence-corrected chi connectivity index (χ0v) is 21.2. The van der Waals surface area contributed by atoms with Crippen LogP contribution in [0.3, 0.4) is 0 Å². The predicted molar refractivity (Wildman–Crippen MR) is 134 cm³/mol. The highest BCUT2D eigenvalue weighted by atomic mass is 32.2. The number of nitrogens with one attached hydrogen (secondary N) is 2. The number of amides is 3. The molecule has 9 heteroatoms. The highest BCUT2D eigenvalue weighted by Crippen LogP contribution is 2.25. The predicted octanol–water partition coefficient (Wildman–Crippen LogP) is 3.47. The second-order valence-corrected chi connectivity index (χ2v) is 10.6. The molecule has 0 bridgehead atoms. The summed E-state index contributed by atoms with van der Waals surface area (Å²) >= 11 is 0. The molecule has 2 rings (SSSR count). The summed E-state index contributed by atoms with van der Waals surface area (Å²) in [4.78, 5) is 39.8. The first-order valence-electron chi connectivity index (χ1n) is 10.9. The number of carbonyl (C=O) groups is 3. The minimum Gasteiger partial charge on any atom is -0.350 e. The molecule has 0 aromatic heterocycles. The van der Waals surface area contributed by atoms with Gasteiger partial charge >= 0.3 is 0 Å². The number of nitrogens with zero attached hydrogens (tertiary/aromatic N) is 1. The average Bonchev–Trinajstić information content (AvgIpc) is 2.71. The van der Waals surface area contributed by atoms with Crippen LogP contribution in [0.25, 0.3) is 0 Å². The Hall–Kier alpha value is -3.07. The monoisotopic (exact) mass is 489 g/mol.